The van der Waals surface area contributed by atoms with Gasteiger partial charge in [-0.2, -0.15) is 0 Å². The molecule has 1 atom stereocenters. The maximum absolute atomic E-state index is 12.7. The van der Waals surface area contributed by atoms with Crippen molar-refractivity contribution in [1.82, 2.24) is 15.4 Å². The topological polar surface area (TPSA) is 84.7 Å². The number of ether oxygens (including phenoxy) is 1. The molecular formula is C29H29N3O4. The fraction of sp³-hybridized carbons (Fsp3) is 0.276. The van der Waals surface area contributed by atoms with E-state index in [4.69, 9.17) is 9.26 Å². The van der Waals surface area contributed by atoms with Crippen LogP contribution in [0.5, 0.6) is 5.75 Å². The number of imide groups is 1. The van der Waals surface area contributed by atoms with Crippen molar-refractivity contribution < 1.29 is 18.8 Å². The highest BCUT2D eigenvalue weighted by atomic mass is 16.5. The van der Waals surface area contributed by atoms with E-state index in [0.29, 0.717) is 19.6 Å². The number of urea groups is 1. The maximum atomic E-state index is 12.7. The lowest BCUT2D eigenvalue weighted by molar-refractivity contribution is -0.126. The van der Waals surface area contributed by atoms with Crippen LogP contribution in [0.4, 0.5) is 4.79 Å². The predicted molar refractivity (Wildman–Crippen MR) is 138 cm³/mol. The van der Waals surface area contributed by atoms with E-state index in [1.54, 1.807) is 11.8 Å². The van der Waals surface area contributed by atoms with Crippen LogP contribution in [0.15, 0.2) is 77.3 Å². The molecule has 1 unspecified atom stereocenters. The van der Waals surface area contributed by atoms with Crippen LogP contribution in [0.3, 0.4) is 0 Å². The highest BCUT2D eigenvalue weighted by molar-refractivity contribution is 6.07. The Kier molecular flexibility index (Phi) is 6.46. The maximum Gasteiger partial charge on any atom is 0.325 e. The van der Waals surface area contributed by atoms with Crippen LogP contribution >= 0.6 is 0 Å². The molecule has 3 aromatic carbocycles. The van der Waals surface area contributed by atoms with Crippen LogP contribution < -0.4 is 10.1 Å². The number of nitrogens with zero attached hydrogens (tertiary/aromatic N) is 2. The molecule has 1 aliphatic heterocycles. The molecule has 1 fully saturated rings. The molecule has 1 aromatic heterocycles. The first-order chi connectivity index (χ1) is 17.5. The minimum atomic E-state index is -1.04. The van der Waals surface area contributed by atoms with E-state index in [0.717, 1.165) is 51.9 Å². The van der Waals surface area contributed by atoms with Gasteiger partial charge in [-0.05, 0) is 37.5 Å². The molecule has 5 rings (SSSR count). The van der Waals surface area contributed by atoms with Crippen LogP contribution in [-0.4, -0.2) is 35.1 Å². The zero-order valence-electron chi connectivity index (χ0n) is 20.5. The number of benzene rings is 3. The molecule has 0 spiro atoms. The average Bonchev–Trinajstić information content (AvgIpc) is 3.43. The van der Waals surface area contributed by atoms with Crippen LogP contribution in [0, 0.1) is 0 Å². The van der Waals surface area contributed by atoms with E-state index in [2.05, 4.69) is 17.4 Å². The summed E-state index contributed by atoms with van der Waals surface area (Å²) in [5, 5.41) is 7.77. The summed E-state index contributed by atoms with van der Waals surface area (Å²) < 4.78 is 12.0. The molecule has 0 saturated carbocycles. The summed E-state index contributed by atoms with van der Waals surface area (Å²) in [6.45, 7) is 4.68. The van der Waals surface area contributed by atoms with Crippen molar-refractivity contribution in [2.75, 3.05) is 13.2 Å². The molecular weight excluding hydrogens is 454 g/mol. The van der Waals surface area contributed by atoms with E-state index in [9.17, 15) is 9.59 Å². The average molecular weight is 484 g/mol. The Morgan fingerprint density at radius 2 is 1.72 bits per heavy atom. The van der Waals surface area contributed by atoms with Crippen molar-refractivity contribution in [3.05, 3.63) is 83.9 Å². The molecule has 1 N–H and O–H groups in total. The predicted octanol–water partition coefficient (Wildman–Crippen LogP) is 5.68. The molecule has 7 heteroatoms. The van der Waals surface area contributed by atoms with Gasteiger partial charge in [-0.25, -0.2) is 4.79 Å². The van der Waals surface area contributed by atoms with Gasteiger partial charge < -0.3 is 14.2 Å². The third-order valence-electron chi connectivity index (χ3n) is 6.82. The molecule has 1 saturated heterocycles. The van der Waals surface area contributed by atoms with Crippen molar-refractivity contribution in [1.29, 1.82) is 0 Å². The number of carbonyl (C=O) groups is 2. The number of fused-ring (bicyclic) bond motifs is 1. The summed E-state index contributed by atoms with van der Waals surface area (Å²) >= 11 is 0. The lowest BCUT2D eigenvalue weighted by Gasteiger charge is -2.32. The third kappa shape index (κ3) is 4.11. The standard InChI is InChI=1S/C29H29N3O4/c1-3-11-22-24(17-16-23-25(31-36-26(22)23)20-12-6-4-7-13-20)35-19-10-18-32-28(34)30-27(33)29(32,2)21-14-8-5-9-15-21/h4-9,12-17H,3,10-11,18-19H2,1-2H3,(H,30,33,34). The van der Waals surface area contributed by atoms with Crippen LogP contribution in [0.1, 0.15) is 37.8 Å². The van der Waals surface area contributed by atoms with Crippen molar-refractivity contribution in [3.8, 4) is 17.0 Å². The fourth-order valence-electron chi connectivity index (χ4n) is 4.86. The molecule has 2 heterocycles. The summed E-state index contributed by atoms with van der Waals surface area (Å²) in [4.78, 5) is 26.9. The largest absolute Gasteiger partial charge is 0.493 e. The van der Waals surface area contributed by atoms with E-state index >= 15 is 0 Å². The lowest BCUT2D eigenvalue weighted by Crippen LogP contribution is -2.45. The Morgan fingerprint density at radius 3 is 2.44 bits per heavy atom. The molecule has 7 nitrogen and oxygen atoms in total. The smallest absolute Gasteiger partial charge is 0.325 e. The zero-order valence-corrected chi connectivity index (χ0v) is 20.5. The van der Waals surface area contributed by atoms with Crippen molar-refractivity contribution in [3.63, 3.8) is 0 Å². The van der Waals surface area contributed by atoms with Gasteiger partial charge in [0.25, 0.3) is 5.91 Å². The number of hydrogen-bond acceptors (Lipinski definition) is 5. The second-order valence-electron chi connectivity index (χ2n) is 9.12. The Morgan fingerprint density at radius 1 is 1.00 bits per heavy atom. The van der Waals surface area contributed by atoms with Gasteiger partial charge >= 0.3 is 6.03 Å². The summed E-state index contributed by atoms with van der Waals surface area (Å²) in [6.07, 6.45) is 2.30. The van der Waals surface area contributed by atoms with Crippen molar-refractivity contribution in [2.24, 2.45) is 0 Å². The molecule has 4 aromatic rings. The lowest BCUT2D eigenvalue weighted by atomic mass is 9.90. The molecule has 3 amide bonds. The minimum absolute atomic E-state index is 0.310. The second-order valence-corrected chi connectivity index (χ2v) is 9.12. The first-order valence-corrected chi connectivity index (χ1v) is 12.3. The number of hydrogen-bond donors (Lipinski definition) is 1. The molecule has 36 heavy (non-hydrogen) atoms. The number of carbonyl (C=O) groups excluding carboxylic acids is 2. The van der Waals surface area contributed by atoms with E-state index in [-0.39, 0.29) is 11.9 Å². The SMILES string of the molecule is CCCc1c(OCCCN2C(=O)NC(=O)C2(C)c2ccccc2)ccc2c(-c3ccccc3)noc12. The Hall–Kier alpha value is -4.13. The fourth-order valence-corrected chi connectivity index (χ4v) is 4.86. The molecule has 0 bridgehead atoms. The Labute approximate surface area is 210 Å². The van der Waals surface area contributed by atoms with Crippen LogP contribution in [0.2, 0.25) is 0 Å². The summed E-state index contributed by atoms with van der Waals surface area (Å²) in [5.41, 5.74) is 3.30. The van der Waals surface area contributed by atoms with Gasteiger partial charge in [0.2, 0.25) is 0 Å². The minimum Gasteiger partial charge on any atom is -0.493 e. The number of aryl methyl sites for hydroxylation is 1. The quantitative estimate of drug-likeness (QED) is 0.244. The van der Waals surface area contributed by atoms with Crippen molar-refractivity contribution >= 4 is 22.9 Å². The van der Waals surface area contributed by atoms with E-state index in [1.807, 2.05) is 72.8 Å². The van der Waals surface area contributed by atoms with Gasteiger partial charge in [0.05, 0.1) is 12.0 Å². The van der Waals surface area contributed by atoms with Gasteiger partial charge in [-0.15, -0.1) is 0 Å². The first-order valence-electron chi connectivity index (χ1n) is 12.3. The third-order valence-corrected chi connectivity index (χ3v) is 6.82. The van der Waals surface area contributed by atoms with Gasteiger partial charge in [0.15, 0.2) is 5.58 Å². The molecule has 184 valence electrons. The highest BCUT2D eigenvalue weighted by Crippen LogP contribution is 2.36. The highest BCUT2D eigenvalue weighted by Gasteiger charge is 2.50. The molecule has 0 radical (unpaired) electrons. The number of amides is 3. The first kappa shape index (κ1) is 23.6. The van der Waals surface area contributed by atoms with Gasteiger partial charge in [-0.1, -0.05) is 79.2 Å². The molecule has 0 aliphatic carbocycles. The summed E-state index contributed by atoms with van der Waals surface area (Å²) in [6, 6.07) is 22.9. The summed E-state index contributed by atoms with van der Waals surface area (Å²) in [7, 11) is 0. The van der Waals surface area contributed by atoms with Crippen molar-refractivity contribution in [2.45, 2.75) is 38.6 Å². The number of nitrogens with one attached hydrogen (secondary N) is 1. The zero-order chi connectivity index (χ0) is 25.1. The van der Waals surface area contributed by atoms with E-state index < -0.39 is 5.54 Å². The summed E-state index contributed by atoms with van der Waals surface area (Å²) in [5.74, 6) is 0.447. The number of rotatable bonds is 9. The Balaban J connectivity index is 1.32. The molecule has 1 aliphatic rings. The van der Waals surface area contributed by atoms with Gasteiger partial charge in [-0.3, -0.25) is 10.1 Å². The van der Waals surface area contributed by atoms with Gasteiger partial charge in [0.1, 0.15) is 17.0 Å². The second kappa shape index (κ2) is 9.85. The number of aromatic nitrogens is 1. The monoisotopic (exact) mass is 483 g/mol. The normalized spacial score (nSPS) is 17.6. The van der Waals surface area contributed by atoms with Crippen LogP contribution in [0.25, 0.3) is 22.2 Å². The van der Waals surface area contributed by atoms with E-state index in [1.165, 1.54) is 0 Å². The Bertz CT molecular complexity index is 1380. The van der Waals surface area contributed by atoms with Crippen LogP contribution in [-0.2, 0) is 16.8 Å². The van der Waals surface area contributed by atoms with Gasteiger partial charge in [0, 0.05) is 17.7 Å².